The highest BCUT2D eigenvalue weighted by atomic mass is 16.4. The number of hydrogen-bond donors (Lipinski definition) is 3. The second-order valence-corrected chi connectivity index (χ2v) is 5.10. The van der Waals surface area contributed by atoms with Gasteiger partial charge in [-0.3, -0.25) is 4.79 Å². The van der Waals surface area contributed by atoms with Crippen molar-refractivity contribution in [3.05, 3.63) is 34.8 Å². The first kappa shape index (κ1) is 12.4. The summed E-state index contributed by atoms with van der Waals surface area (Å²) in [7, 11) is 1.74. The molecule has 0 saturated heterocycles. The molecule has 0 aromatic carbocycles. The van der Waals surface area contributed by atoms with E-state index in [-0.39, 0.29) is 16.8 Å². The Hall–Kier alpha value is -2.04. The topological polar surface area (TPSA) is 82.2 Å². The first-order chi connectivity index (χ1) is 8.38. The van der Waals surface area contributed by atoms with E-state index >= 15 is 0 Å². The van der Waals surface area contributed by atoms with Crippen LogP contribution >= 0.6 is 0 Å². The van der Waals surface area contributed by atoms with Crippen molar-refractivity contribution in [2.45, 2.75) is 20.3 Å². The number of aromatic carboxylic acids is 1. The molecule has 1 aromatic heterocycles. The first-order valence-electron chi connectivity index (χ1n) is 5.74. The van der Waals surface area contributed by atoms with Gasteiger partial charge in [0.05, 0.1) is 11.3 Å². The van der Waals surface area contributed by atoms with Crippen LogP contribution in [0.25, 0.3) is 0 Å². The molecule has 0 bridgehead atoms. The highest BCUT2D eigenvalue weighted by Gasteiger charge is 2.39. The normalized spacial score (nSPS) is 19.7. The molecule has 0 atom stereocenters. The van der Waals surface area contributed by atoms with E-state index in [1.165, 1.54) is 6.20 Å². The summed E-state index contributed by atoms with van der Waals surface area (Å²) in [6, 6.07) is 0. The number of carbonyl (C=O) groups excluding carboxylic acids is 1. The Morgan fingerprint density at radius 3 is 2.78 bits per heavy atom. The zero-order valence-corrected chi connectivity index (χ0v) is 10.6. The van der Waals surface area contributed by atoms with Crippen LogP contribution in [0.5, 0.6) is 0 Å². The molecule has 1 aromatic rings. The van der Waals surface area contributed by atoms with Gasteiger partial charge in [-0.1, -0.05) is 13.8 Å². The van der Waals surface area contributed by atoms with E-state index in [4.69, 9.17) is 5.11 Å². The Morgan fingerprint density at radius 2 is 2.22 bits per heavy atom. The molecule has 96 valence electrons. The number of aromatic amines is 1. The van der Waals surface area contributed by atoms with Gasteiger partial charge >= 0.3 is 5.97 Å². The predicted molar refractivity (Wildman–Crippen MR) is 66.7 cm³/mol. The molecular formula is C13H16N2O3. The first-order valence-corrected chi connectivity index (χ1v) is 5.74. The molecule has 2 rings (SSSR count). The summed E-state index contributed by atoms with van der Waals surface area (Å²) in [6.45, 7) is 3.88. The van der Waals surface area contributed by atoms with Gasteiger partial charge in [-0.05, 0) is 17.4 Å². The Labute approximate surface area is 105 Å². The van der Waals surface area contributed by atoms with E-state index in [0.717, 1.165) is 0 Å². The van der Waals surface area contributed by atoms with Crippen LogP contribution in [0.3, 0.4) is 0 Å². The van der Waals surface area contributed by atoms with E-state index in [1.807, 2.05) is 13.8 Å². The average Bonchev–Trinajstić information content (AvgIpc) is 2.67. The number of aromatic nitrogens is 1. The molecule has 0 fully saturated rings. The second kappa shape index (κ2) is 4.01. The number of allylic oxidation sites excluding steroid dienone is 1. The van der Waals surface area contributed by atoms with Crippen molar-refractivity contribution < 1.29 is 14.7 Å². The summed E-state index contributed by atoms with van der Waals surface area (Å²) in [5.41, 5.74) is 1.48. The van der Waals surface area contributed by atoms with Crippen LogP contribution in [-0.4, -0.2) is 28.9 Å². The maximum Gasteiger partial charge on any atom is 0.337 e. The fraction of sp³-hybridized carbons (Fsp3) is 0.385. The fourth-order valence-corrected chi connectivity index (χ4v) is 2.41. The molecule has 3 N–H and O–H groups in total. The summed E-state index contributed by atoms with van der Waals surface area (Å²) in [6.07, 6.45) is 3.61. The molecule has 0 saturated carbocycles. The summed E-state index contributed by atoms with van der Waals surface area (Å²) in [4.78, 5) is 26.2. The number of carboxylic acids is 1. The second-order valence-electron chi connectivity index (χ2n) is 5.10. The predicted octanol–water partition coefficient (Wildman–Crippen LogP) is 1.58. The maximum absolute atomic E-state index is 12.3. The third-order valence-corrected chi connectivity index (χ3v) is 3.33. The van der Waals surface area contributed by atoms with Crippen molar-refractivity contribution in [3.8, 4) is 0 Å². The number of rotatable bonds is 2. The van der Waals surface area contributed by atoms with Crippen molar-refractivity contribution in [2.24, 2.45) is 5.41 Å². The van der Waals surface area contributed by atoms with E-state index < -0.39 is 5.97 Å². The molecule has 1 aliphatic carbocycles. The Kier molecular flexibility index (Phi) is 2.77. The fourth-order valence-electron chi connectivity index (χ4n) is 2.41. The molecule has 5 heteroatoms. The van der Waals surface area contributed by atoms with Gasteiger partial charge in [-0.15, -0.1) is 0 Å². The van der Waals surface area contributed by atoms with Crippen LogP contribution in [0, 0.1) is 5.41 Å². The lowest BCUT2D eigenvalue weighted by Gasteiger charge is -2.31. The van der Waals surface area contributed by atoms with E-state index in [0.29, 0.717) is 23.3 Å². The van der Waals surface area contributed by atoms with Gasteiger partial charge in [0.2, 0.25) is 5.78 Å². The minimum absolute atomic E-state index is 0.136. The van der Waals surface area contributed by atoms with Crippen LogP contribution in [0.2, 0.25) is 0 Å². The van der Waals surface area contributed by atoms with Crippen molar-refractivity contribution >= 4 is 11.8 Å². The standard InChI is InChI=1S/C13H16N2O3/c1-13(2)4-7-8(12(17)18)5-15-10(7)11(16)9(13)6-14-3/h5-6,14-15H,4H2,1-3H3,(H,17,18). The van der Waals surface area contributed by atoms with Crippen LogP contribution in [-0.2, 0) is 6.42 Å². The van der Waals surface area contributed by atoms with Crippen LogP contribution < -0.4 is 5.32 Å². The van der Waals surface area contributed by atoms with Gasteiger partial charge in [0.25, 0.3) is 0 Å². The number of nitrogens with one attached hydrogen (secondary N) is 2. The molecule has 0 aliphatic heterocycles. The van der Waals surface area contributed by atoms with Gasteiger partial charge in [-0.25, -0.2) is 4.79 Å². The lowest BCUT2D eigenvalue weighted by atomic mass is 9.71. The van der Waals surface area contributed by atoms with Crippen LogP contribution in [0.15, 0.2) is 18.0 Å². The summed E-state index contributed by atoms with van der Waals surface area (Å²) in [5.74, 6) is -1.14. The van der Waals surface area contributed by atoms with Gasteiger partial charge in [-0.2, -0.15) is 0 Å². The summed E-state index contributed by atoms with van der Waals surface area (Å²) in [5, 5.41) is 12.0. The maximum atomic E-state index is 12.3. The summed E-state index contributed by atoms with van der Waals surface area (Å²) >= 11 is 0. The summed E-state index contributed by atoms with van der Waals surface area (Å²) < 4.78 is 0. The SMILES string of the molecule is CNC=C1C(=O)c2[nH]cc(C(=O)O)c2CC1(C)C. The van der Waals surface area contributed by atoms with E-state index in [1.54, 1.807) is 13.2 Å². The molecule has 0 radical (unpaired) electrons. The Bertz CT molecular complexity index is 553. The highest BCUT2D eigenvalue weighted by Crippen LogP contribution is 2.39. The van der Waals surface area contributed by atoms with Crippen LogP contribution in [0.4, 0.5) is 0 Å². The lowest BCUT2D eigenvalue weighted by molar-refractivity contribution is 0.0695. The number of hydrogen-bond acceptors (Lipinski definition) is 3. The third kappa shape index (κ3) is 1.72. The number of H-pyrrole nitrogens is 1. The number of ketones is 1. The smallest absolute Gasteiger partial charge is 0.337 e. The molecule has 5 nitrogen and oxygen atoms in total. The van der Waals surface area contributed by atoms with Gasteiger partial charge in [0.15, 0.2) is 0 Å². The van der Waals surface area contributed by atoms with E-state index in [2.05, 4.69) is 10.3 Å². The number of Topliss-reactive ketones (excluding diaryl/α,β-unsaturated/α-hetero) is 1. The molecule has 1 aliphatic rings. The van der Waals surface area contributed by atoms with Gasteiger partial charge in [0, 0.05) is 25.0 Å². The number of carbonyl (C=O) groups is 2. The molecule has 18 heavy (non-hydrogen) atoms. The van der Waals surface area contributed by atoms with E-state index in [9.17, 15) is 9.59 Å². The highest BCUT2D eigenvalue weighted by molar-refractivity contribution is 6.12. The molecule has 0 unspecified atom stereocenters. The average molecular weight is 248 g/mol. The molecule has 1 heterocycles. The largest absolute Gasteiger partial charge is 0.478 e. The van der Waals surface area contributed by atoms with Crippen molar-refractivity contribution in [1.29, 1.82) is 0 Å². The third-order valence-electron chi connectivity index (χ3n) is 3.33. The zero-order chi connectivity index (χ0) is 13.5. The minimum Gasteiger partial charge on any atom is -0.478 e. The lowest BCUT2D eigenvalue weighted by Crippen LogP contribution is -2.32. The van der Waals surface area contributed by atoms with Crippen molar-refractivity contribution in [1.82, 2.24) is 10.3 Å². The Morgan fingerprint density at radius 1 is 1.56 bits per heavy atom. The monoisotopic (exact) mass is 248 g/mol. The van der Waals surface area contributed by atoms with Crippen LogP contribution in [0.1, 0.15) is 40.3 Å². The van der Waals surface area contributed by atoms with Crippen molar-refractivity contribution in [2.75, 3.05) is 7.05 Å². The molecule has 0 amide bonds. The molecule has 0 spiro atoms. The Balaban J connectivity index is 2.59. The zero-order valence-electron chi connectivity index (χ0n) is 10.6. The van der Waals surface area contributed by atoms with Crippen molar-refractivity contribution in [3.63, 3.8) is 0 Å². The van der Waals surface area contributed by atoms with Gasteiger partial charge in [0.1, 0.15) is 0 Å². The molecular weight excluding hydrogens is 232 g/mol. The van der Waals surface area contributed by atoms with Gasteiger partial charge < -0.3 is 15.4 Å². The number of fused-ring (bicyclic) bond motifs is 1. The number of carboxylic acid groups (broad SMARTS) is 1. The quantitative estimate of drug-likeness (QED) is 0.694. The minimum atomic E-state index is -1.00.